The summed E-state index contributed by atoms with van der Waals surface area (Å²) in [5.74, 6) is 4.77. The van der Waals surface area contributed by atoms with Crippen molar-refractivity contribution < 1.29 is 4.58 Å². The first-order chi connectivity index (χ1) is 18.6. The summed E-state index contributed by atoms with van der Waals surface area (Å²) < 4.78 is 2.58. The SMILES string of the molecule is CCCN(CCC)C(=NCCSSCCNC(N(CCC)CCC)=[N+](CCC)CCC)N(CCC)CCC. The standard InChI is InChI=1S/C30H64N6S2/c1-9-19-33(20-10-2)29(34(21-11-3)22-12-4)31-17-27-37-38-28-18-32-30(35(23-13-5)24-14-6)36(25-15-7)26-16-8/h9-28H2,1-8H3/p+1. The van der Waals surface area contributed by atoms with Crippen molar-refractivity contribution in [2.75, 3.05) is 77.0 Å². The number of guanidine groups is 2. The molecule has 0 aliphatic rings. The Hall–Kier alpha value is -0.760. The molecule has 38 heavy (non-hydrogen) atoms. The number of hydrogen-bond acceptors (Lipinski definition) is 3. The highest BCUT2D eigenvalue weighted by atomic mass is 33.1. The van der Waals surface area contributed by atoms with E-state index in [1.54, 1.807) is 0 Å². The van der Waals surface area contributed by atoms with Crippen molar-refractivity contribution in [3.63, 3.8) is 0 Å². The topological polar surface area (TPSA) is 37.1 Å². The number of aliphatic imine (C=N–C) groups is 1. The van der Waals surface area contributed by atoms with E-state index >= 15 is 0 Å². The third kappa shape index (κ3) is 16.4. The first kappa shape index (κ1) is 37.2. The molecule has 0 heterocycles. The maximum absolute atomic E-state index is 5.17. The molecular weight excluding hydrogens is 509 g/mol. The lowest BCUT2D eigenvalue weighted by Gasteiger charge is -2.34. The Morgan fingerprint density at radius 2 is 1.00 bits per heavy atom. The van der Waals surface area contributed by atoms with Gasteiger partial charge in [-0.15, -0.1) is 0 Å². The smallest absolute Gasteiger partial charge is 0.343 e. The second-order valence-corrected chi connectivity index (χ2v) is 12.7. The predicted molar refractivity (Wildman–Crippen MR) is 177 cm³/mol. The molecule has 0 aromatic carbocycles. The van der Waals surface area contributed by atoms with Gasteiger partial charge in [-0.2, -0.15) is 0 Å². The van der Waals surface area contributed by atoms with E-state index in [-0.39, 0.29) is 0 Å². The molecule has 0 unspecified atom stereocenters. The molecule has 0 aromatic rings. The molecule has 1 N–H and O–H groups in total. The molecular formula is C30H65N6S2+. The molecule has 0 spiro atoms. The highest BCUT2D eigenvalue weighted by Crippen LogP contribution is 2.20. The van der Waals surface area contributed by atoms with Crippen LogP contribution in [0.5, 0.6) is 0 Å². The van der Waals surface area contributed by atoms with Crippen LogP contribution in [-0.2, 0) is 0 Å². The van der Waals surface area contributed by atoms with E-state index in [0.717, 1.165) is 77.0 Å². The first-order valence-corrected chi connectivity index (χ1v) is 18.5. The molecule has 0 radical (unpaired) electrons. The van der Waals surface area contributed by atoms with Gasteiger partial charge in [0.2, 0.25) is 0 Å². The summed E-state index contributed by atoms with van der Waals surface area (Å²) in [4.78, 5) is 12.8. The van der Waals surface area contributed by atoms with Crippen LogP contribution in [-0.4, -0.2) is 108 Å². The van der Waals surface area contributed by atoms with Gasteiger partial charge >= 0.3 is 5.96 Å². The average Bonchev–Trinajstić information content (AvgIpc) is 2.90. The second kappa shape index (κ2) is 26.5. The lowest BCUT2D eigenvalue weighted by molar-refractivity contribution is -0.535. The van der Waals surface area contributed by atoms with E-state index in [2.05, 4.69) is 80.0 Å². The molecule has 0 aliphatic carbocycles. The van der Waals surface area contributed by atoms with Crippen LogP contribution in [0.2, 0.25) is 0 Å². The second-order valence-electron chi connectivity index (χ2n) is 10.0. The number of hydrogen-bond donors (Lipinski definition) is 1. The molecule has 0 aromatic heterocycles. The molecule has 0 fully saturated rings. The quantitative estimate of drug-likeness (QED) is 0.0473. The molecule has 6 nitrogen and oxygen atoms in total. The molecule has 0 rings (SSSR count). The minimum absolute atomic E-state index is 0.896. The molecule has 0 saturated carbocycles. The fourth-order valence-electron chi connectivity index (χ4n) is 4.76. The van der Waals surface area contributed by atoms with Crippen molar-refractivity contribution in [1.82, 2.24) is 20.0 Å². The monoisotopic (exact) mass is 573 g/mol. The van der Waals surface area contributed by atoms with Gasteiger partial charge in [0.05, 0.1) is 39.3 Å². The van der Waals surface area contributed by atoms with Gasteiger partial charge in [-0.05, 0) is 51.4 Å². The van der Waals surface area contributed by atoms with Gasteiger partial charge in [-0.1, -0.05) is 77.0 Å². The maximum atomic E-state index is 5.17. The fraction of sp³-hybridized carbons (Fsp3) is 0.933. The molecule has 0 aliphatic heterocycles. The van der Waals surface area contributed by atoms with Crippen molar-refractivity contribution >= 4 is 33.5 Å². The molecule has 0 saturated heterocycles. The van der Waals surface area contributed by atoms with Crippen molar-refractivity contribution in [3.05, 3.63) is 0 Å². The summed E-state index contributed by atoms with van der Waals surface area (Å²) in [7, 11) is 3.97. The Morgan fingerprint density at radius 1 is 0.579 bits per heavy atom. The Kier molecular flexibility index (Phi) is 25.9. The summed E-state index contributed by atoms with van der Waals surface area (Å²) in [6.45, 7) is 29.1. The van der Waals surface area contributed by atoms with Crippen molar-refractivity contribution in [2.45, 2.75) is 107 Å². The van der Waals surface area contributed by atoms with E-state index in [4.69, 9.17) is 4.99 Å². The van der Waals surface area contributed by atoms with Crippen LogP contribution in [0.3, 0.4) is 0 Å². The van der Waals surface area contributed by atoms with Crippen LogP contribution in [0.25, 0.3) is 0 Å². The third-order valence-electron chi connectivity index (χ3n) is 6.09. The van der Waals surface area contributed by atoms with E-state index in [1.165, 1.54) is 63.3 Å². The van der Waals surface area contributed by atoms with Crippen LogP contribution in [0, 0.1) is 0 Å². The van der Waals surface area contributed by atoms with Crippen LogP contribution in [0.15, 0.2) is 4.99 Å². The number of nitrogens with one attached hydrogen (secondary N) is 1. The Labute approximate surface area is 246 Å². The summed E-state index contributed by atoms with van der Waals surface area (Å²) >= 11 is 0. The summed E-state index contributed by atoms with van der Waals surface area (Å²) in [5.41, 5.74) is 0. The van der Waals surface area contributed by atoms with E-state index < -0.39 is 0 Å². The number of rotatable bonds is 23. The minimum Gasteiger partial charge on any atom is -0.343 e. The van der Waals surface area contributed by atoms with E-state index in [1.807, 2.05) is 21.6 Å². The van der Waals surface area contributed by atoms with Gasteiger partial charge in [0.15, 0.2) is 5.96 Å². The fourth-order valence-corrected chi connectivity index (χ4v) is 6.53. The van der Waals surface area contributed by atoms with Gasteiger partial charge in [0, 0.05) is 37.7 Å². The van der Waals surface area contributed by atoms with Crippen molar-refractivity contribution in [3.8, 4) is 0 Å². The Bertz CT molecular complexity index is 555. The molecule has 8 heteroatoms. The van der Waals surface area contributed by atoms with Crippen molar-refractivity contribution in [2.24, 2.45) is 4.99 Å². The lowest BCUT2D eigenvalue weighted by atomic mass is 10.3. The molecule has 226 valence electrons. The lowest BCUT2D eigenvalue weighted by Crippen LogP contribution is -2.49. The van der Waals surface area contributed by atoms with Gasteiger partial charge in [-0.25, -0.2) is 0 Å². The zero-order valence-corrected chi connectivity index (χ0v) is 28.3. The summed E-state index contributed by atoms with van der Waals surface area (Å²) in [6.07, 6.45) is 9.43. The summed E-state index contributed by atoms with van der Waals surface area (Å²) in [6, 6.07) is 0. The third-order valence-corrected chi connectivity index (χ3v) is 8.48. The van der Waals surface area contributed by atoms with Crippen LogP contribution in [0.1, 0.15) is 107 Å². The zero-order valence-electron chi connectivity index (χ0n) is 26.7. The van der Waals surface area contributed by atoms with E-state index in [0.29, 0.717) is 0 Å². The van der Waals surface area contributed by atoms with Crippen LogP contribution >= 0.6 is 21.6 Å². The minimum atomic E-state index is 0.896. The van der Waals surface area contributed by atoms with Crippen LogP contribution < -0.4 is 5.32 Å². The van der Waals surface area contributed by atoms with Gasteiger partial charge < -0.3 is 9.80 Å². The first-order valence-electron chi connectivity index (χ1n) is 16.0. The zero-order chi connectivity index (χ0) is 28.4. The van der Waals surface area contributed by atoms with Gasteiger partial charge in [-0.3, -0.25) is 19.8 Å². The maximum Gasteiger partial charge on any atom is 0.348 e. The average molecular weight is 574 g/mol. The Morgan fingerprint density at radius 3 is 1.42 bits per heavy atom. The van der Waals surface area contributed by atoms with E-state index in [9.17, 15) is 0 Å². The van der Waals surface area contributed by atoms with Crippen LogP contribution in [0.4, 0.5) is 0 Å². The van der Waals surface area contributed by atoms with Crippen molar-refractivity contribution in [1.29, 1.82) is 0 Å². The largest absolute Gasteiger partial charge is 0.348 e. The van der Waals surface area contributed by atoms with Gasteiger partial charge in [0.25, 0.3) is 0 Å². The van der Waals surface area contributed by atoms with Gasteiger partial charge in [0.1, 0.15) is 0 Å². The number of nitrogens with zero attached hydrogens (tertiary/aromatic N) is 5. The highest BCUT2D eigenvalue weighted by Gasteiger charge is 2.21. The predicted octanol–water partition coefficient (Wildman–Crippen LogP) is 6.87. The molecule has 0 amide bonds. The molecule has 0 bridgehead atoms. The normalized spacial score (nSPS) is 10.8. The highest BCUT2D eigenvalue weighted by molar-refractivity contribution is 8.76. The summed E-state index contributed by atoms with van der Waals surface area (Å²) in [5, 5.41) is 3.85. The molecule has 0 atom stereocenters. The Balaban J connectivity index is 5.05.